The molecule has 5 amide bonds. The van der Waals surface area contributed by atoms with Gasteiger partial charge in [-0.25, -0.2) is 24.5 Å². The summed E-state index contributed by atoms with van der Waals surface area (Å²) in [5.41, 5.74) is 16.2. The summed E-state index contributed by atoms with van der Waals surface area (Å²) in [6, 6.07) is 33.2. The van der Waals surface area contributed by atoms with Gasteiger partial charge in [0.15, 0.2) is 23.8 Å². The molecule has 568 valence electrons. The van der Waals surface area contributed by atoms with E-state index in [1.54, 1.807) is 85.2 Å². The Labute approximate surface area is 664 Å². The van der Waals surface area contributed by atoms with Crippen LogP contribution < -0.4 is 50.6 Å². The van der Waals surface area contributed by atoms with E-state index in [1.165, 1.54) is 67.3 Å². The first kappa shape index (κ1) is 78.9. The van der Waals surface area contributed by atoms with Crippen LogP contribution in [0.2, 0.25) is 30.1 Å². The predicted molar refractivity (Wildman–Crippen MR) is 424 cm³/mol. The number of amides is 5. The molecule has 5 N–H and O–H groups in total. The van der Waals surface area contributed by atoms with Crippen molar-refractivity contribution in [1.82, 2.24) is 45.0 Å². The maximum absolute atomic E-state index is 13.3. The van der Waals surface area contributed by atoms with Crippen molar-refractivity contribution < 1.29 is 47.7 Å². The van der Waals surface area contributed by atoms with E-state index in [4.69, 9.17) is 99.0 Å². The van der Waals surface area contributed by atoms with E-state index in [-0.39, 0.29) is 70.2 Å². The first-order valence-corrected chi connectivity index (χ1v) is 38.2. The second kappa shape index (κ2) is 33.3. The zero-order valence-corrected chi connectivity index (χ0v) is 66.3. The Kier molecular flexibility index (Phi) is 24.1. The third kappa shape index (κ3) is 18.3. The lowest BCUT2D eigenvalue weighted by atomic mass is 9.99. The molecule has 109 heavy (non-hydrogen) atoms. The summed E-state index contributed by atoms with van der Waals surface area (Å²) in [5.74, 6) is 0.293. The van der Waals surface area contributed by atoms with Gasteiger partial charge in [0.1, 0.15) is 27.9 Å². The van der Waals surface area contributed by atoms with E-state index in [0.29, 0.717) is 84.5 Å². The van der Waals surface area contributed by atoms with Crippen molar-refractivity contribution in [2.24, 2.45) is 0 Å². The van der Waals surface area contributed by atoms with Crippen molar-refractivity contribution in [3.63, 3.8) is 0 Å². The Balaban J connectivity index is 0.000000141. The number of para-hydroxylation sites is 3. The van der Waals surface area contributed by atoms with Gasteiger partial charge >= 0.3 is 12.2 Å². The number of carbonyl (C=O) groups excluding carboxylic acids is 5. The molecule has 6 aromatic carbocycles. The minimum absolute atomic E-state index is 0.161. The quantitative estimate of drug-likeness (QED) is 0.0624. The van der Waals surface area contributed by atoms with Gasteiger partial charge in [0.2, 0.25) is 29.5 Å². The van der Waals surface area contributed by atoms with Crippen molar-refractivity contribution in [2.45, 2.75) is 136 Å². The van der Waals surface area contributed by atoms with E-state index < -0.39 is 29.9 Å². The third-order valence-electron chi connectivity index (χ3n) is 17.6. The summed E-state index contributed by atoms with van der Waals surface area (Å²) in [6.45, 7) is 20.5. The summed E-state index contributed by atoms with van der Waals surface area (Å²) in [6.07, 6.45) is 6.29. The highest BCUT2D eigenvalue weighted by Crippen LogP contribution is 2.43. The smallest absolute Gasteiger partial charge is 0.410 e. The third-order valence-corrected chi connectivity index (χ3v) is 20.0. The van der Waals surface area contributed by atoms with Crippen LogP contribution in [0.25, 0.3) is 0 Å². The van der Waals surface area contributed by atoms with E-state index >= 15 is 0 Å². The van der Waals surface area contributed by atoms with E-state index in [2.05, 4.69) is 58.0 Å². The highest BCUT2D eigenvalue weighted by atomic mass is 35.5. The van der Waals surface area contributed by atoms with Crippen molar-refractivity contribution >= 4 is 157 Å². The molecular formula is C77H77Cl6N15O10S. The number of anilines is 8. The van der Waals surface area contributed by atoms with Crippen molar-refractivity contribution in [2.75, 3.05) is 57.0 Å². The summed E-state index contributed by atoms with van der Waals surface area (Å²) in [4.78, 5) is 97.3. The molecule has 0 saturated heterocycles. The number of nitrogens with zero attached hydrogens (tertiary/aromatic N) is 11. The number of hydrogen-bond acceptors (Lipinski definition) is 21. The van der Waals surface area contributed by atoms with Crippen LogP contribution in [0.4, 0.5) is 55.6 Å². The molecule has 9 heterocycles. The molecule has 0 radical (unpaired) electrons. The summed E-state index contributed by atoms with van der Waals surface area (Å²) in [7, 11) is 0. The van der Waals surface area contributed by atoms with Crippen LogP contribution in [0.15, 0.2) is 133 Å². The normalized spacial score (nSPS) is 16.9. The number of aromatic nitrogens is 6. The monoisotopic (exact) mass is 1610 g/mol. The molecule has 9 aromatic rings. The highest BCUT2D eigenvalue weighted by Gasteiger charge is 2.40. The number of hydrogen-bond donors (Lipinski definition) is 4. The van der Waals surface area contributed by atoms with Crippen LogP contribution in [0.3, 0.4) is 0 Å². The predicted octanol–water partition coefficient (Wildman–Crippen LogP) is 17.2. The van der Waals surface area contributed by atoms with Gasteiger partial charge in [0.05, 0.1) is 47.2 Å². The van der Waals surface area contributed by atoms with Crippen LogP contribution in [0.5, 0.6) is 17.6 Å². The molecule has 15 rings (SSSR count). The number of benzene rings is 6. The summed E-state index contributed by atoms with van der Waals surface area (Å²) in [5, 5.41) is 12.4. The number of thioether (sulfide) groups is 1. The maximum Gasteiger partial charge on any atom is 0.410 e. The van der Waals surface area contributed by atoms with Crippen LogP contribution in [0.1, 0.15) is 127 Å². The molecule has 0 spiro atoms. The largest absolute Gasteiger partial charge is 0.453 e. The summed E-state index contributed by atoms with van der Waals surface area (Å²) >= 11 is 39.1. The van der Waals surface area contributed by atoms with Crippen LogP contribution in [-0.4, -0.2) is 125 Å². The second-order valence-electron chi connectivity index (χ2n) is 27.8. The number of nitrogens with two attached hydrogens (primary N) is 1. The lowest BCUT2D eigenvalue weighted by molar-refractivity contribution is 0.0214. The molecule has 0 aliphatic carbocycles. The summed E-state index contributed by atoms with van der Waals surface area (Å²) < 4.78 is 28.6. The Morgan fingerprint density at radius 3 is 1.28 bits per heavy atom. The van der Waals surface area contributed by atoms with Gasteiger partial charge in [-0.2, -0.15) is 15.0 Å². The standard InChI is InChI=1S/C27H27Cl2N5O4.C22H19Cl2N5O2.C14H11Cl2N3O2S.C14H20N2O2/c1-15-34(22-20(28)6-5-7-21(22)29)24(35)19-13-30-25(32-23(19)37-15)31-18-9-8-16-10-11-33(14-17(16)12-18)26(36)38-27(2,3)4;1-12-29(19-17(23)3-2-4-18(19)24)21(30)16-11-26-22(28-20(16)31-12)27-15-6-5-13-7-8-25-10-14(13)9-15;1-7-19(11-9(15)4-3-5-10(11)16)13(20)8-6-17-14(22-2)18-12(8)21-7;1-14(2,3)18-13(17)16-7-6-10-4-5-12(15)8-11(10)9-16/h5-9,12-13,15H,10-11,14H2,1-4H3,(H,30,31,32);2-6,9,11-12,25H,7-8,10H2,1H3,(H,26,27,28);3-7H,1-2H3;4-5,8H,6-7,9,15H2,1-3H3. The molecule has 6 aliphatic heterocycles. The molecule has 3 atom stereocenters. The number of carbonyl (C=O) groups is 5. The van der Waals surface area contributed by atoms with E-state index in [1.807, 2.05) is 90.3 Å². The minimum Gasteiger partial charge on any atom is -0.453 e. The van der Waals surface area contributed by atoms with Gasteiger partial charge in [-0.05, 0) is 201 Å². The van der Waals surface area contributed by atoms with Gasteiger partial charge in [-0.3, -0.25) is 29.1 Å². The molecule has 0 bridgehead atoms. The van der Waals surface area contributed by atoms with Gasteiger partial charge in [0.25, 0.3) is 17.7 Å². The number of ether oxygens (including phenoxy) is 5. The van der Waals surface area contributed by atoms with Crippen molar-refractivity contribution in [3.8, 4) is 17.6 Å². The van der Waals surface area contributed by atoms with Crippen LogP contribution in [-0.2, 0) is 48.4 Å². The van der Waals surface area contributed by atoms with Gasteiger partial charge in [-0.15, -0.1) is 0 Å². The Morgan fingerprint density at radius 1 is 0.505 bits per heavy atom. The molecule has 3 unspecified atom stereocenters. The SMILES string of the molecule is CC(C)(C)OC(=O)N1CCc2ccc(N)cc2C1.CC1Oc2nc(Nc3ccc4c(c3)CN(C(=O)OC(C)(C)C)CC4)ncc2C(=O)N1c1c(Cl)cccc1Cl.CC1Oc2nc(Nc3ccc4c(c3)CNCC4)ncc2C(=O)N1c1c(Cl)cccc1Cl.CSc1ncc2c(n1)OC(C)N(c1c(Cl)cccc1Cl)C2=O. The lowest BCUT2D eigenvalue weighted by Gasteiger charge is -2.34. The van der Waals surface area contributed by atoms with Crippen molar-refractivity contribution in [3.05, 3.63) is 208 Å². The Bertz CT molecular complexity index is 4960. The lowest BCUT2D eigenvalue weighted by Crippen LogP contribution is -2.46. The maximum atomic E-state index is 13.3. The molecule has 25 nitrogen and oxygen atoms in total. The average Bonchev–Trinajstić information content (AvgIpc) is 0.770. The first-order chi connectivity index (χ1) is 51.9. The van der Waals surface area contributed by atoms with E-state index in [0.717, 1.165) is 60.5 Å². The molecular weight excluding hydrogens is 1540 g/mol. The van der Waals surface area contributed by atoms with E-state index in [9.17, 15) is 24.0 Å². The zero-order chi connectivity index (χ0) is 77.9. The molecule has 0 saturated carbocycles. The number of nitrogen functional groups attached to an aromatic ring is 1. The van der Waals surface area contributed by atoms with Gasteiger partial charge in [0, 0.05) is 68.4 Å². The molecule has 0 fully saturated rings. The number of nitrogens with one attached hydrogen (secondary N) is 3. The second-order valence-corrected chi connectivity index (χ2v) is 31.0. The van der Waals surface area contributed by atoms with Crippen molar-refractivity contribution in [1.29, 1.82) is 0 Å². The van der Waals surface area contributed by atoms with Gasteiger partial charge in [-0.1, -0.05) is 118 Å². The number of rotatable bonds is 8. The fourth-order valence-electron chi connectivity index (χ4n) is 12.5. The van der Waals surface area contributed by atoms with Crippen LogP contribution >= 0.6 is 81.4 Å². The van der Waals surface area contributed by atoms with Crippen LogP contribution in [0, 0.1) is 0 Å². The number of halogens is 6. The molecule has 3 aromatic heterocycles. The Morgan fingerprint density at radius 2 is 0.872 bits per heavy atom. The molecule has 6 aliphatic rings. The fraction of sp³-hybridized carbons (Fsp3) is 0.312. The highest BCUT2D eigenvalue weighted by molar-refractivity contribution is 7.98. The first-order valence-electron chi connectivity index (χ1n) is 34.7. The van der Waals surface area contributed by atoms with Gasteiger partial charge < -0.3 is 55.2 Å². The number of fused-ring (bicyclic) bond motifs is 6. The minimum atomic E-state index is -0.697. The fourth-order valence-corrected chi connectivity index (χ4v) is 14.6. The molecule has 32 heteroatoms. The average molecular weight is 1620 g/mol. The Hall–Kier alpha value is -9.64. The zero-order valence-electron chi connectivity index (χ0n) is 61.0. The topological polar surface area (TPSA) is 287 Å².